The number of rotatable bonds is 4. The van der Waals surface area contributed by atoms with Crippen molar-refractivity contribution in [1.29, 1.82) is 0 Å². The Balaban J connectivity index is 2.23. The number of phenolic OH excluding ortho intramolecular Hbond substituents is 1. The van der Waals surface area contributed by atoms with Crippen molar-refractivity contribution in [3.8, 4) is 5.75 Å². The van der Waals surface area contributed by atoms with Gasteiger partial charge in [0, 0.05) is 4.88 Å². The molecule has 1 atom stereocenters. The number of aromatic hydroxyl groups is 1. The molecule has 5 heteroatoms. The van der Waals surface area contributed by atoms with Gasteiger partial charge in [-0.2, -0.15) is 0 Å². The molecule has 1 aromatic carbocycles. The van der Waals surface area contributed by atoms with Crippen molar-refractivity contribution in [1.82, 2.24) is 5.32 Å². The molecule has 0 aliphatic carbocycles. The Labute approximate surface area is 121 Å². The van der Waals surface area contributed by atoms with Crippen LogP contribution in [0, 0.1) is 11.7 Å². The second-order valence-corrected chi connectivity index (χ2v) is 5.85. The zero-order valence-corrected chi connectivity index (χ0v) is 12.1. The predicted octanol–water partition coefficient (Wildman–Crippen LogP) is 3.72. The summed E-state index contributed by atoms with van der Waals surface area (Å²) in [5, 5.41) is 14.5. The third kappa shape index (κ3) is 3.17. The highest BCUT2D eigenvalue weighted by Gasteiger charge is 2.21. The van der Waals surface area contributed by atoms with Crippen molar-refractivity contribution >= 4 is 17.2 Å². The number of halogens is 1. The van der Waals surface area contributed by atoms with E-state index in [1.165, 1.54) is 6.07 Å². The molecule has 1 unspecified atom stereocenters. The zero-order valence-electron chi connectivity index (χ0n) is 11.3. The maximum Gasteiger partial charge on any atom is 0.255 e. The number of hydrogen-bond donors (Lipinski definition) is 2. The maximum atomic E-state index is 13.2. The number of carbonyl (C=O) groups is 1. The summed E-state index contributed by atoms with van der Waals surface area (Å²) in [6.07, 6.45) is 0. The fourth-order valence-electron chi connectivity index (χ4n) is 1.94. The van der Waals surface area contributed by atoms with Crippen molar-refractivity contribution in [3.63, 3.8) is 0 Å². The predicted molar refractivity (Wildman–Crippen MR) is 77.4 cm³/mol. The second-order valence-electron chi connectivity index (χ2n) is 4.87. The van der Waals surface area contributed by atoms with E-state index in [1.807, 2.05) is 31.4 Å². The van der Waals surface area contributed by atoms with Crippen molar-refractivity contribution in [2.75, 3.05) is 0 Å². The first-order valence-corrected chi connectivity index (χ1v) is 7.19. The standard InChI is InChI=1S/C15H16FNO2S/c1-9(2)14(13-4-3-7-20-13)17-15(19)11-8-10(16)5-6-12(11)18/h3-9,14,18H,1-2H3,(H,17,19). The second kappa shape index (κ2) is 6.05. The van der Waals surface area contributed by atoms with Gasteiger partial charge in [0.25, 0.3) is 5.91 Å². The number of benzene rings is 1. The van der Waals surface area contributed by atoms with E-state index in [-0.39, 0.29) is 23.3 Å². The minimum absolute atomic E-state index is 0.0489. The minimum atomic E-state index is -0.551. The van der Waals surface area contributed by atoms with Gasteiger partial charge >= 0.3 is 0 Å². The summed E-state index contributed by atoms with van der Waals surface area (Å²) < 4.78 is 13.2. The molecule has 1 heterocycles. The third-order valence-electron chi connectivity index (χ3n) is 3.01. The van der Waals surface area contributed by atoms with E-state index < -0.39 is 11.7 Å². The molecular weight excluding hydrogens is 277 g/mol. The van der Waals surface area contributed by atoms with Gasteiger partial charge in [0.05, 0.1) is 11.6 Å². The molecule has 20 heavy (non-hydrogen) atoms. The molecular formula is C15H16FNO2S. The van der Waals surface area contributed by atoms with Crippen LogP contribution in [0.3, 0.4) is 0 Å². The normalized spacial score (nSPS) is 12.4. The number of carbonyl (C=O) groups excluding carboxylic acids is 1. The molecule has 0 radical (unpaired) electrons. The first kappa shape index (κ1) is 14.5. The van der Waals surface area contributed by atoms with Gasteiger partial charge in [-0.15, -0.1) is 11.3 Å². The fourth-order valence-corrected chi connectivity index (χ4v) is 2.89. The lowest BCUT2D eigenvalue weighted by Gasteiger charge is -2.21. The molecule has 0 saturated carbocycles. The minimum Gasteiger partial charge on any atom is -0.507 e. The smallest absolute Gasteiger partial charge is 0.255 e. The quantitative estimate of drug-likeness (QED) is 0.902. The van der Waals surface area contributed by atoms with Crippen LogP contribution in [0.2, 0.25) is 0 Å². The topological polar surface area (TPSA) is 49.3 Å². The lowest BCUT2D eigenvalue weighted by Crippen LogP contribution is -2.31. The Kier molecular flexibility index (Phi) is 4.39. The molecule has 0 fully saturated rings. The average Bonchev–Trinajstić information content (AvgIpc) is 2.91. The van der Waals surface area contributed by atoms with E-state index in [0.717, 1.165) is 17.0 Å². The van der Waals surface area contributed by atoms with Crippen LogP contribution < -0.4 is 5.32 Å². The van der Waals surface area contributed by atoms with Crippen LogP contribution in [0.1, 0.15) is 35.1 Å². The van der Waals surface area contributed by atoms with Crippen molar-refractivity contribution in [2.45, 2.75) is 19.9 Å². The molecule has 3 nitrogen and oxygen atoms in total. The van der Waals surface area contributed by atoms with Gasteiger partial charge in [0.1, 0.15) is 11.6 Å². The highest BCUT2D eigenvalue weighted by atomic mass is 32.1. The Morgan fingerprint density at radius 2 is 2.10 bits per heavy atom. The highest BCUT2D eigenvalue weighted by Crippen LogP contribution is 2.27. The van der Waals surface area contributed by atoms with E-state index in [9.17, 15) is 14.3 Å². The summed E-state index contributed by atoms with van der Waals surface area (Å²) in [5.41, 5.74) is -0.0489. The van der Waals surface area contributed by atoms with Crippen molar-refractivity contribution in [3.05, 3.63) is 52.0 Å². The van der Waals surface area contributed by atoms with E-state index in [2.05, 4.69) is 5.32 Å². The Hall–Kier alpha value is -1.88. The summed E-state index contributed by atoms with van der Waals surface area (Å²) in [6, 6.07) is 7.04. The molecule has 2 aromatic rings. The first-order chi connectivity index (χ1) is 9.49. The number of amides is 1. The summed E-state index contributed by atoms with van der Waals surface area (Å²) in [6.45, 7) is 3.99. The maximum absolute atomic E-state index is 13.2. The molecule has 2 N–H and O–H groups in total. The summed E-state index contributed by atoms with van der Waals surface area (Å²) in [7, 11) is 0. The van der Waals surface area contributed by atoms with Crippen LogP contribution in [-0.2, 0) is 0 Å². The molecule has 0 bridgehead atoms. The van der Waals surface area contributed by atoms with Crippen LogP contribution in [0.15, 0.2) is 35.7 Å². The molecule has 0 saturated heterocycles. The molecule has 1 aromatic heterocycles. The number of nitrogens with one attached hydrogen (secondary N) is 1. The lowest BCUT2D eigenvalue weighted by molar-refractivity contribution is 0.0923. The van der Waals surface area contributed by atoms with Gasteiger partial charge < -0.3 is 10.4 Å². The van der Waals surface area contributed by atoms with Crippen LogP contribution in [0.4, 0.5) is 4.39 Å². The van der Waals surface area contributed by atoms with E-state index >= 15 is 0 Å². The SMILES string of the molecule is CC(C)C(NC(=O)c1cc(F)ccc1O)c1cccs1. The molecule has 0 aliphatic heterocycles. The van der Waals surface area contributed by atoms with Crippen LogP contribution in [0.5, 0.6) is 5.75 Å². The molecule has 1 amide bonds. The van der Waals surface area contributed by atoms with Gasteiger partial charge in [-0.05, 0) is 35.6 Å². The van der Waals surface area contributed by atoms with Crippen LogP contribution in [-0.4, -0.2) is 11.0 Å². The highest BCUT2D eigenvalue weighted by molar-refractivity contribution is 7.10. The van der Waals surface area contributed by atoms with Crippen LogP contribution in [0.25, 0.3) is 0 Å². The Bertz CT molecular complexity index is 596. The summed E-state index contributed by atoms with van der Waals surface area (Å²) in [5.74, 6) is -1.06. The summed E-state index contributed by atoms with van der Waals surface area (Å²) in [4.78, 5) is 13.2. The number of hydrogen-bond acceptors (Lipinski definition) is 3. The van der Waals surface area contributed by atoms with E-state index in [0.29, 0.717) is 0 Å². The van der Waals surface area contributed by atoms with Gasteiger partial charge in [-0.25, -0.2) is 4.39 Å². The molecule has 0 aliphatic rings. The van der Waals surface area contributed by atoms with Gasteiger partial charge in [-0.1, -0.05) is 19.9 Å². The van der Waals surface area contributed by atoms with Crippen molar-refractivity contribution < 1.29 is 14.3 Å². The Morgan fingerprint density at radius 3 is 2.70 bits per heavy atom. The number of thiophene rings is 1. The lowest BCUT2D eigenvalue weighted by atomic mass is 10.0. The fraction of sp³-hybridized carbons (Fsp3) is 0.267. The average molecular weight is 293 g/mol. The third-order valence-corrected chi connectivity index (χ3v) is 3.96. The summed E-state index contributed by atoms with van der Waals surface area (Å²) >= 11 is 1.55. The van der Waals surface area contributed by atoms with Gasteiger partial charge in [-0.3, -0.25) is 4.79 Å². The molecule has 106 valence electrons. The Morgan fingerprint density at radius 1 is 1.35 bits per heavy atom. The van der Waals surface area contributed by atoms with Gasteiger partial charge in [0.15, 0.2) is 0 Å². The molecule has 0 spiro atoms. The van der Waals surface area contributed by atoms with E-state index in [1.54, 1.807) is 11.3 Å². The molecule has 2 rings (SSSR count). The van der Waals surface area contributed by atoms with E-state index in [4.69, 9.17) is 0 Å². The first-order valence-electron chi connectivity index (χ1n) is 6.32. The van der Waals surface area contributed by atoms with Crippen LogP contribution >= 0.6 is 11.3 Å². The monoisotopic (exact) mass is 293 g/mol. The van der Waals surface area contributed by atoms with Gasteiger partial charge in [0.2, 0.25) is 0 Å². The largest absolute Gasteiger partial charge is 0.507 e. The van der Waals surface area contributed by atoms with Crippen molar-refractivity contribution in [2.24, 2.45) is 5.92 Å². The zero-order chi connectivity index (χ0) is 14.7. The number of phenols is 1.